The summed E-state index contributed by atoms with van der Waals surface area (Å²) >= 11 is 1.42. The Labute approximate surface area is 223 Å². The Morgan fingerprint density at radius 3 is 2.41 bits per heavy atom. The number of benzene rings is 2. The number of anilines is 1. The van der Waals surface area contributed by atoms with Crippen molar-refractivity contribution in [2.45, 2.75) is 32.7 Å². The first-order valence-corrected chi connectivity index (χ1v) is 13.8. The van der Waals surface area contributed by atoms with Crippen molar-refractivity contribution < 1.29 is 9.59 Å². The molecule has 0 saturated carbocycles. The lowest BCUT2D eigenvalue weighted by Crippen LogP contribution is -2.43. The number of fused-ring (bicyclic) bond motifs is 1. The number of amides is 2. The van der Waals surface area contributed by atoms with Gasteiger partial charge in [-0.05, 0) is 53.6 Å². The number of hydrogen-bond donors (Lipinski definition) is 1. The minimum absolute atomic E-state index is 0.0301. The number of rotatable bonds is 12. The highest BCUT2D eigenvalue weighted by Gasteiger charge is 2.23. The molecule has 6 nitrogen and oxygen atoms in total. The number of carbonyl (C=O) groups is 2. The maximum Gasteiger partial charge on any atom is 0.264 e. The van der Waals surface area contributed by atoms with Crippen molar-refractivity contribution in [3.05, 3.63) is 88.2 Å². The second-order valence-corrected chi connectivity index (χ2v) is 10.5. The van der Waals surface area contributed by atoms with Gasteiger partial charge in [-0.2, -0.15) is 0 Å². The van der Waals surface area contributed by atoms with Gasteiger partial charge in [0.15, 0.2) is 0 Å². The quantitative estimate of drug-likeness (QED) is 0.259. The number of para-hydroxylation sites is 1. The fraction of sp³-hybridized carbons (Fsp3) is 0.333. The molecule has 0 aliphatic carbocycles. The summed E-state index contributed by atoms with van der Waals surface area (Å²) in [7, 11) is 4.03. The standard InChI is InChI=1S/C30H36N4O2S/c1-4-5-17-34(30(36)28-11-8-19-37-28)22-29(35)33(21-23-12-14-25(15-13-23)32(2)3)18-16-24-20-31-27-10-7-6-9-26(24)27/h6-15,19-20,31H,4-5,16-18,21-22H2,1-3H3. The molecule has 0 atom stereocenters. The molecule has 0 aliphatic rings. The second kappa shape index (κ2) is 12.6. The molecular formula is C30H36N4O2S. The topological polar surface area (TPSA) is 59.7 Å². The van der Waals surface area contributed by atoms with Gasteiger partial charge in [-0.25, -0.2) is 0 Å². The van der Waals surface area contributed by atoms with E-state index in [1.165, 1.54) is 22.3 Å². The zero-order chi connectivity index (χ0) is 26.2. The second-order valence-electron chi connectivity index (χ2n) is 9.54. The average Bonchev–Trinajstić information content (AvgIpc) is 3.59. The maximum absolute atomic E-state index is 13.7. The van der Waals surface area contributed by atoms with Gasteiger partial charge in [0.25, 0.3) is 5.91 Å². The van der Waals surface area contributed by atoms with Gasteiger partial charge in [-0.3, -0.25) is 9.59 Å². The van der Waals surface area contributed by atoms with E-state index in [2.05, 4.69) is 53.2 Å². The van der Waals surface area contributed by atoms with Crippen LogP contribution in [-0.2, 0) is 17.8 Å². The van der Waals surface area contributed by atoms with Crippen LogP contribution in [0.2, 0.25) is 0 Å². The fourth-order valence-corrected chi connectivity index (χ4v) is 5.12. The first-order chi connectivity index (χ1) is 18.0. The molecule has 2 amide bonds. The number of aromatic amines is 1. The largest absolute Gasteiger partial charge is 0.378 e. The van der Waals surface area contributed by atoms with Crippen LogP contribution in [0.1, 0.15) is 40.6 Å². The van der Waals surface area contributed by atoms with E-state index in [4.69, 9.17) is 0 Å². The average molecular weight is 517 g/mol. The molecule has 0 unspecified atom stereocenters. The molecule has 2 aromatic heterocycles. The van der Waals surface area contributed by atoms with Gasteiger partial charge in [0.05, 0.1) is 4.88 Å². The Bertz CT molecular complexity index is 1290. The molecule has 194 valence electrons. The van der Waals surface area contributed by atoms with Crippen molar-refractivity contribution in [3.8, 4) is 0 Å². The van der Waals surface area contributed by atoms with Gasteiger partial charge >= 0.3 is 0 Å². The van der Waals surface area contributed by atoms with Crippen molar-refractivity contribution in [1.82, 2.24) is 14.8 Å². The maximum atomic E-state index is 13.7. The van der Waals surface area contributed by atoms with Crippen molar-refractivity contribution >= 4 is 39.7 Å². The Morgan fingerprint density at radius 2 is 1.70 bits per heavy atom. The minimum atomic E-state index is -0.0660. The lowest BCUT2D eigenvalue weighted by atomic mass is 10.1. The SMILES string of the molecule is CCCCN(CC(=O)N(CCc1c[nH]c2ccccc12)Cc1ccc(N(C)C)cc1)C(=O)c1cccs1. The molecule has 0 saturated heterocycles. The van der Waals surface area contributed by atoms with Gasteiger partial charge < -0.3 is 19.7 Å². The van der Waals surface area contributed by atoms with E-state index in [-0.39, 0.29) is 18.4 Å². The molecule has 1 N–H and O–H groups in total. The van der Waals surface area contributed by atoms with Gasteiger partial charge in [0.1, 0.15) is 6.54 Å². The molecule has 4 rings (SSSR count). The third-order valence-electron chi connectivity index (χ3n) is 6.63. The number of thiophene rings is 1. The van der Waals surface area contributed by atoms with Crippen LogP contribution in [0.15, 0.2) is 72.2 Å². The summed E-state index contributed by atoms with van der Waals surface area (Å²) in [6, 6.07) is 20.2. The third kappa shape index (κ3) is 6.80. The smallest absolute Gasteiger partial charge is 0.264 e. The normalized spacial score (nSPS) is 11.0. The van der Waals surface area contributed by atoms with Crippen molar-refractivity contribution in [2.24, 2.45) is 0 Å². The molecule has 2 heterocycles. The number of unbranched alkanes of at least 4 members (excludes halogenated alkanes) is 1. The van der Waals surface area contributed by atoms with Crippen molar-refractivity contribution in [1.29, 1.82) is 0 Å². The van der Waals surface area contributed by atoms with Crippen molar-refractivity contribution in [3.63, 3.8) is 0 Å². The molecule has 4 aromatic rings. The van der Waals surface area contributed by atoms with Crippen LogP contribution < -0.4 is 4.90 Å². The van der Waals surface area contributed by atoms with Crippen LogP contribution in [0.5, 0.6) is 0 Å². The van der Waals surface area contributed by atoms with Gasteiger partial charge in [0, 0.05) is 56.5 Å². The lowest BCUT2D eigenvalue weighted by molar-refractivity contribution is -0.132. The summed E-state index contributed by atoms with van der Waals surface area (Å²) in [5.41, 5.74) is 4.48. The predicted molar refractivity (Wildman–Crippen MR) is 153 cm³/mol. The van der Waals surface area contributed by atoms with E-state index in [0.29, 0.717) is 24.5 Å². The molecule has 0 fully saturated rings. The lowest BCUT2D eigenvalue weighted by Gasteiger charge is -2.28. The minimum Gasteiger partial charge on any atom is -0.378 e. The Hall–Kier alpha value is -3.58. The molecule has 0 aliphatic heterocycles. The number of aromatic nitrogens is 1. The van der Waals surface area contributed by atoms with Crippen LogP contribution in [0.4, 0.5) is 5.69 Å². The van der Waals surface area contributed by atoms with E-state index in [0.717, 1.165) is 36.0 Å². The van der Waals surface area contributed by atoms with Crippen LogP contribution in [0, 0.1) is 0 Å². The number of H-pyrrole nitrogens is 1. The van der Waals surface area contributed by atoms with E-state index >= 15 is 0 Å². The highest BCUT2D eigenvalue weighted by molar-refractivity contribution is 7.12. The van der Waals surface area contributed by atoms with E-state index < -0.39 is 0 Å². The zero-order valence-corrected chi connectivity index (χ0v) is 22.8. The summed E-state index contributed by atoms with van der Waals surface area (Å²) in [5, 5.41) is 3.08. The molecule has 0 spiro atoms. The monoisotopic (exact) mass is 516 g/mol. The molecule has 7 heteroatoms. The number of nitrogens with zero attached hydrogens (tertiary/aromatic N) is 3. The van der Waals surface area contributed by atoms with Crippen LogP contribution in [0.3, 0.4) is 0 Å². The fourth-order valence-electron chi connectivity index (χ4n) is 4.43. The molecule has 0 radical (unpaired) electrons. The Balaban J connectivity index is 1.53. The van der Waals surface area contributed by atoms with Crippen molar-refractivity contribution in [2.75, 3.05) is 38.6 Å². The Kier molecular flexibility index (Phi) is 9.01. The summed E-state index contributed by atoms with van der Waals surface area (Å²) < 4.78 is 0. The highest BCUT2D eigenvalue weighted by atomic mass is 32.1. The van der Waals surface area contributed by atoms with E-state index in [1.54, 1.807) is 4.90 Å². The molecule has 0 bridgehead atoms. The number of carbonyl (C=O) groups excluding carboxylic acids is 2. The van der Waals surface area contributed by atoms with Gasteiger partial charge in [-0.15, -0.1) is 11.3 Å². The third-order valence-corrected chi connectivity index (χ3v) is 7.49. The van der Waals surface area contributed by atoms with Crippen LogP contribution in [0.25, 0.3) is 10.9 Å². The van der Waals surface area contributed by atoms with Gasteiger partial charge in [-0.1, -0.05) is 49.7 Å². The summed E-state index contributed by atoms with van der Waals surface area (Å²) in [6.45, 7) is 3.84. The molecular weight excluding hydrogens is 480 g/mol. The highest BCUT2D eigenvalue weighted by Crippen LogP contribution is 2.20. The summed E-state index contributed by atoms with van der Waals surface area (Å²) in [4.78, 5) is 36.6. The Morgan fingerprint density at radius 1 is 0.919 bits per heavy atom. The molecule has 2 aromatic carbocycles. The molecule has 37 heavy (non-hydrogen) atoms. The number of nitrogens with one attached hydrogen (secondary N) is 1. The first kappa shape index (κ1) is 26.5. The van der Waals surface area contributed by atoms with Crippen LogP contribution >= 0.6 is 11.3 Å². The summed E-state index contributed by atoms with van der Waals surface area (Å²) in [5.74, 6) is -0.0961. The first-order valence-electron chi connectivity index (χ1n) is 12.9. The summed E-state index contributed by atoms with van der Waals surface area (Å²) in [6.07, 6.45) is 4.60. The number of hydrogen-bond acceptors (Lipinski definition) is 4. The zero-order valence-electron chi connectivity index (χ0n) is 21.9. The van der Waals surface area contributed by atoms with Crippen LogP contribution in [-0.4, -0.2) is 60.3 Å². The predicted octanol–water partition coefficient (Wildman–Crippen LogP) is 5.81. The van der Waals surface area contributed by atoms with Gasteiger partial charge in [0.2, 0.25) is 5.91 Å². The van der Waals surface area contributed by atoms with E-state index in [9.17, 15) is 9.59 Å². The van der Waals surface area contributed by atoms with E-state index in [1.807, 2.05) is 54.8 Å².